The van der Waals surface area contributed by atoms with Gasteiger partial charge >= 0.3 is 0 Å². The van der Waals surface area contributed by atoms with E-state index >= 15 is 0 Å². The molecule has 0 unspecified atom stereocenters. The molecule has 0 aliphatic heterocycles. The average molecular weight is 299 g/mol. The number of rotatable bonds is 5. The van der Waals surface area contributed by atoms with Gasteiger partial charge in [0.25, 0.3) is 0 Å². The molecular weight excluding hydrogens is 287 g/mol. The molecule has 1 heterocycles. The van der Waals surface area contributed by atoms with Gasteiger partial charge in [0.1, 0.15) is 12.7 Å². The Balaban J connectivity index is 1.78. The molecule has 0 atom stereocenters. The van der Waals surface area contributed by atoms with Gasteiger partial charge in [0, 0.05) is 16.5 Å². The first-order valence-corrected chi connectivity index (χ1v) is 6.49. The quantitative estimate of drug-likeness (QED) is 0.923. The summed E-state index contributed by atoms with van der Waals surface area (Å²) >= 11 is 11.9. The minimum absolute atomic E-state index is 0.0927. The summed E-state index contributed by atoms with van der Waals surface area (Å²) < 4.78 is 1.41. The molecule has 2 rings (SSSR count). The zero-order valence-electron chi connectivity index (χ0n) is 10.0. The number of aromatic nitrogens is 3. The van der Waals surface area contributed by atoms with E-state index in [4.69, 9.17) is 23.2 Å². The standard InChI is InChI=1S/C12H12Cl2N4O/c13-10-5-4-9(11(14)6-10)2-1-3-12(19)17-18-7-15-16-8-18/h4-8H,1-3H2,(H,17,19). The van der Waals surface area contributed by atoms with Crippen molar-refractivity contribution >= 4 is 29.1 Å². The highest BCUT2D eigenvalue weighted by molar-refractivity contribution is 6.35. The van der Waals surface area contributed by atoms with Crippen LogP contribution in [0.4, 0.5) is 0 Å². The van der Waals surface area contributed by atoms with Crippen LogP contribution in [0.3, 0.4) is 0 Å². The van der Waals surface area contributed by atoms with Gasteiger partial charge in [-0.15, -0.1) is 10.2 Å². The number of halogens is 2. The van der Waals surface area contributed by atoms with Gasteiger partial charge < -0.3 is 0 Å². The third-order valence-corrected chi connectivity index (χ3v) is 3.12. The van der Waals surface area contributed by atoms with Crippen molar-refractivity contribution in [3.8, 4) is 0 Å². The Morgan fingerprint density at radius 3 is 2.68 bits per heavy atom. The van der Waals surface area contributed by atoms with Gasteiger partial charge in [-0.05, 0) is 30.5 Å². The van der Waals surface area contributed by atoms with Crippen molar-refractivity contribution in [2.24, 2.45) is 0 Å². The van der Waals surface area contributed by atoms with E-state index in [0.717, 1.165) is 12.0 Å². The Morgan fingerprint density at radius 2 is 2.00 bits per heavy atom. The first kappa shape index (κ1) is 13.8. The number of hydrogen-bond acceptors (Lipinski definition) is 3. The van der Waals surface area contributed by atoms with Crippen LogP contribution in [0.5, 0.6) is 0 Å². The molecule has 19 heavy (non-hydrogen) atoms. The average Bonchev–Trinajstić information content (AvgIpc) is 2.84. The predicted octanol–water partition coefficient (Wildman–Crippen LogP) is 2.68. The van der Waals surface area contributed by atoms with E-state index in [-0.39, 0.29) is 5.91 Å². The fraction of sp³-hybridized carbons (Fsp3) is 0.250. The largest absolute Gasteiger partial charge is 0.273 e. The Kier molecular flexibility index (Phi) is 4.76. The molecule has 0 saturated carbocycles. The van der Waals surface area contributed by atoms with Gasteiger partial charge in [0.15, 0.2) is 0 Å². The number of nitrogens with one attached hydrogen (secondary N) is 1. The van der Waals surface area contributed by atoms with Gasteiger partial charge in [-0.1, -0.05) is 29.3 Å². The molecule has 1 amide bonds. The Bertz CT molecular complexity index is 557. The van der Waals surface area contributed by atoms with Gasteiger partial charge in [0.2, 0.25) is 5.91 Å². The number of carbonyl (C=O) groups excluding carboxylic acids is 1. The predicted molar refractivity (Wildman–Crippen MR) is 73.8 cm³/mol. The summed E-state index contributed by atoms with van der Waals surface area (Å²) in [6.45, 7) is 0. The lowest BCUT2D eigenvalue weighted by Gasteiger charge is -2.06. The van der Waals surface area contributed by atoms with Crippen LogP contribution in [-0.2, 0) is 11.2 Å². The smallest absolute Gasteiger partial charge is 0.238 e. The summed E-state index contributed by atoms with van der Waals surface area (Å²) in [7, 11) is 0. The monoisotopic (exact) mass is 298 g/mol. The minimum atomic E-state index is -0.0927. The molecule has 100 valence electrons. The first-order chi connectivity index (χ1) is 9.15. The van der Waals surface area contributed by atoms with Crippen LogP contribution < -0.4 is 5.43 Å². The van der Waals surface area contributed by atoms with E-state index in [9.17, 15) is 4.79 Å². The molecule has 0 radical (unpaired) electrons. The van der Waals surface area contributed by atoms with Gasteiger partial charge in [-0.2, -0.15) is 0 Å². The third kappa shape index (κ3) is 4.22. The summed E-state index contributed by atoms with van der Waals surface area (Å²) in [5.74, 6) is -0.0927. The van der Waals surface area contributed by atoms with E-state index in [1.807, 2.05) is 6.07 Å². The molecular formula is C12H12Cl2N4O. The molecule has 0 spiro atoms. The Morgan fingerprint density at radius 1 is 1.26 bits per heavy atom. The zero-order chi connectivity index (χ0) is 13.7. The van der Waals surface area contributed by atoms with E-state index in [1.165, 1.54) is 17.3 Å². The van der Waals surface area contributed by atoms with Crippen LogP contribution in [0, 0.1) is 0 Å². The van der Waals surface area contributed by atoms with Crippen molar-refractivity contribution in [1.82, 2.24) is 14.9 Å². The van der Waals surface area contributed by atoms with Gasteiger partial charge in [0.05, 0.1) is 0 Å². The number of nitrogens with zero attached hydrogens (tertiary/aromatic N) is 3. The number of benzene rings is 1. The van der Waals surface area contributed by atoms with Crippen molar-refractivity contribution < 1.29 is 4.79 Å². The maximum atomic E-state index is 11.6. The second kappa shape index (κ2) is 6.54. The number of amides is 1. The summed E-state index contributed by atoms with van der Waals surface area (Å²) in [6, 6.07) is 5.37. The van der Waals surface area contributed by atoms with E-state index < -0.39 is 0 Å². The molecule has 1 N–H and O–H groups in total. The van der Waals surface area contributed by atoms with Crippen LogP contribution in [0.15, 0.2) is 30.9 Å². The van der Waals surface area contributed by atoms with Crippen molar-refractivity contribution in [3.63, 3.8) is 0 Å². The molecule has 2 aromatic rings. The van der Waals surface area contributed by atoms with Gasteiger partial charge in [-0.3, -0.25) is 10.2 Å². The maximum absolute atomic E-state index is 11.6. The van der Waals surface area contributed by atoms with Crippen LogP contribution >= 0.6 is 23.2 Å². The van der Waals surface area contributed by atoms with Crippen LogP contribution in [0.2, 0.25) is 10.0 Å². The molecule has 5 nitrogen and oxygen atoms in total. The Hall–Kier alpha value is -1.59. The van der Waals surface area contributed by atoms with Crippen molar-refractivity contribution in [3.05, 3.63) is 46.5 Å². The van der Waals surface area contributed by atoms with Crippen molar-refractivity contribution in [2.75, 3.05) is 5.43 Å². The zero-order valence-corrected chi connectivity index (χ0v) is 11.5. The topological polar surface area (TPSA) is 59.8 Å². The highest BCUT2D eigenvalue weighted by Gasteiger charge is 2.05. The minimum Gasteiger partial charge on any atom is -0.273 e. The van der Waals surface area contributed by atoms with Crippen LogP contribution in [0.25, 0.3) is 0 Å². The molecule has 0 aliphatic rings. The first-order valence-electron chi connectivity index (χ1n) is 5.73. The lowest BCUT2D eigenvalue weighted by Crippen LogP contribution is -2.21. The van der Waals surface area contributed by atoms with Crippen LogP contribution in [0.1, 0.15) is 18.4 Å². The third-order valence-electron chi connectivity index (χ3n) is 2.54. The molecule has 0 bridgehead atoms. The summed E-state index contributed by atoms with van der Waals surface area (Å²) in [6.07, 6.45) is 4.68. The molecule has 0 saturated heterocycles. The molecule has 1 aromatic carbocycles. The van der Waals surface area contributed by atoms with E-state index in [0.29, 0.717) is 22.9 Å². The lowest BCUT2D eigenvalue weighted by molar-refractivity contribution is -0.117. The number of aryl methyl sites for hydroxylation is 1. The lowest BCUT2D eigenvalue weighted by atomic mass is 10.1. The Labute approximate surface area is 120 Å². The van der Waals surface area contributed by atoms with E-state index in [2.05, 4.69) is 15.6 Å². The SMILES string of the molecule is O=C(CCCc1ccc(Cl)cc1Cl)Nn1cnnc1. The highest BCUT2D eigenvalue weighted by atomic mass is 35.5. The highest BCUT2D eigenvalue weighted by Crippen LogP contribution is 2.22. The summed E-state index contributed by atoms with van der Waals surface area (Å²) in [4.78, 5) is 11.6. The molecule has 0 aliphatic carbocycles. The summed E-state index contributed by atoms with van der Waals surface area (Å²) in [5, 5.41) is 8.42. The van der Waals surface area contributed by atoms with Crippen LogP contribution in [-0.4, -0.2) is 20.8 Å². The fourth-order valence-corrected chi connectivity index (χ4v) is 2.13. The second-order valence-electron chi connectivity index (χ2n) is 3.99. The summed E-state index contributed by atoms with van der Waals surface area (Å²) in [5.41, 5.74) is 3.62. The van der Waals surface area contributed by atoms with Crippen molar-refractivity contribution in [2.45, 2.75) is 19.3 Å². The molecule has 0 fully saturated rings. The normalized spacial score (nSPS) is 10.4. The number of carbonyl (C=O) groups is 1. The van der Waals surface area contributed by atoms with Crippen molar-refractivity contribution in [1.29, 1.82) is 0 Å². The van der Waals surface area contributed by atoms with Gasteiger partial charge in [-0.25, -0.2) is 4.68 Å². The number of hydrogen-bond donors (Lipinski definition) is 1. The molecule has 1 aromatic heterocycles. The van der Waals surface area contributed by atoms with E-state index in [1.54, 1.807) is 12.1 Å². The molecule has 7 heteroatoms. The second-order valence-corrected chi connectivity index (χ2v) is 4.84. The fourth-order valence-electron chi connectivity index (χ4n) is 1.62. The maximum Gasteiger partial charge on any atom is 0.238 e.